The molecule has 0 saturated carbocycles. The van der Waals surface area contributed by atoms with Gasteiger partial charge in [0.15, 0.2) is 23.0 Å². The molecule has 0 aliphatic rings. The summed E-state index contributed by atoms with van der Waals surface area (Å²) in [5, 5.41) is 0. The van der Waals surface area contributed by atoms with Crippen molar-refractivity contribution >= 4 is 29.0 Å². The van der Waals surface area contributed by atoms with Crippen molar-refractivity contribution in [1.29, 1.82) is 0 Å². The van der Waals surface area contributed by atoms with Crippen molar-refractivity contribution < 1.29 is 17.0 Å². The van der Waals surface area contributed by atoms with Gasteiger partial charge in [-0.05, 0) is 19.1 Å². The van der Waals surface area contributed by atoms with Crippen LogP contribution < -0.4 is 4.74 Å². The lowest BCUT2D eigenvalue weighted by atomic mass is 10.3. The molecule has 4 nitrogen and oxygen atoms in total. The van der Waals surface area contributed by atoms with Crippen LogP contribution in [0.2, 0.25) is 0 Å². The summed E-state index contributed by atoms with van der Waals surface area (Å²) in [6.45, 7) is 1.22. The molecule has 0 aliphatic heterocycles. The molecule has 0 bridgehead atoms. The molecule has 1 heterocycles. The number of hydrogen-bond acceptors (Lipinski definition) is 4. The van der Waals surface area contributed by atoms with E-state index < -0.39 is 12.1 Å². The Balaban J connectivity index is 2.81. The van der Waals surface area contributed by atoms with Crippen LogP contribution in [0.5, 0.6) is 5.88 Å². The van der Waals surface area contributed by atoms with E-state index in [0.717, 1.165) is 0 Å². The number of rotatable bonds is 4. The molecule has 0 spiro atoms. The predicted molar refractivity (Wildman–Crippen MR) is 59.7 cm³/mol. The van der Waals surface area contributed by atoms with E-state index in [9.17, 15) is 9.18 Å². The smallest absolute Gasteiger partial charge is 0.353 e. The molecule has 0 amide bonds. The molecular weight excluding hydrogens is 316 g/mol. The first-order chi connectivity index (χ1) is 7.15. The molecule has 1 aromatic heterocycles. The molecule has 0 saturated heterocycles. The van der Waals surface area contributed by atoms with E-state index >= 15 is 0 Å². The number of alkyl halides is 1. The molecule has 1 unspecified atom stereocenters. The summed E-state index contributed by atoms with van der Waals surface area (Å²) in [6.07, 6.45) is 0.345. The van der Waals surface area contributed by atoms with Gasteiger partial charge < -0.3 is 7.80 Å². The second-order valence-electron chi connectivity index (χ2n) is 2.81. The number of pyridine rings is 1. The van der Waals surface area contributed by atoms with Crippen molar-refractivity contribution in [1.82, 2.24) is 4.98 Å². The third kappa shape index (κ3) is 3.61. The average molecular weight is 325 g/mol. The zero-order valence-electron chi connectivity index (χ0n) is 7.94. The first-order valence-corrected chi connectivity index (χ1v) is 5.08. The number of hydrogen-bond donors (Lipinski definition) is 0. The van der Waals surface area contributed by atoms with Gasteiger partial charge in [-0.2, -0.15) is 0 Å². The highest BCUT2D eigenvalue weighted by Gasteiger charge is 2.14. The molecule has 0 aromatic carbocycles. The second-order valence-corrected chi connectivity index (χ2v) is 3.25. The third-order valence-corrected chi connectivity index (χ3v) is 1.91. The van der Waals surface area contributed by atoms with Crippen molar-refractivity contribution in [2.75, 3.05) is 6.61 Å². The largest absolute Gasteiger partial charge is 0.474 e. The number of carbonyl (C=O) groups excluding carboxylic acids is 1. The summed E-state index contributed by atoms with van der Waals surface area (Å²) in [5.41, 5.74) is 0.188. The minimum Gasteiger partial charge on any atom is -0.474 e. The first kappa shape index (κ1) is 12.2. The number of ether oxygens (including phenoxy) is 1. The minimum absolute atomic E-state index is 0.0867. The normalized spacial score (nSPS) is 11.9. The molecular formula is C9H9FINO3. The van der Waals surface area contributed by atoms with Crippen LogP contribution in [0.4, 0.5) is 4.39 Å². The SMILES string of the molecule is CC(F)COc1ncccc1C(=O)OI. The fourth-order valence-electron chi connectivity index (χ4n) is 0.897. The Morgan fingerprint density at radius 1 is 1.73 bits per heavy atom. The minimum atomic E-state index is -1.12. The second kappa shape index (κ2) is 5.84. The molecule has 1 rings (SSSR count). The average Bonchev–Trinajstić information content (AvgIpc) is 2.25. The Bertz CT molecular complexity index is 346. The van der Waals surface area contributed by atoms with Gasteiger partial charge in [-0.15, -0.1) is 0 Å². The number of aromatic nitrogens is 1. The summed E-state index contributed by atoms with van der Waals surface area (Å²) in [6, 6.07) is 3.08. The van der Waals surface area contributed by atoms with Gasteiger partial charge in [-0.1, -0.05) is 0 Å². The summed E-state index contributed by atoms with van der Waals surface area (Å²) in [4.78, 5) is 15.1. The van der Waals surface area contributed by atoms with Crippen molar-refractivity contribution in [3.05, 3.63) is 23.9 Å². The number of halogens is 2. The number of nitrogens with zero attached hydrogens (tertiary/aromatic N) is 1. The van der Waals surface area contributed by atoms with E-state index in [1.165, 1.54) is 42.2 Å². The van der Waals surface area contributed by atoms with Gasteiger partial charge in [-0.25, -0.2) is 14.2 Å². The Labute approximate surface area is 100 Å². The van der Waals surface area contributed by atoms with Crippen molar-refractivity contribution in [3.63, 3.8) is 0 Å². The van der Waals surface area contributed by atoms with Crippen LogP contribution in [0.15, 0.2) is 18.3 Å². The maximum Gasteiger partial charge on any atom is 0.353 e. The van der Waals surface area contributed by atoms with E-state index in [0.29, 0.717) is 0 Å². The van der Waals surface area contributed by atoms with Gasteiger partial charge >= 0.3 is 5.97 Å². The molecule has 0 fully saturated rings. The predicted octanol–water partition coefficient (Wildman–Crippen LogP) is 2.33. The van der Waals surface area contributed by atoms with Gasteiger partial charge in [0.2, 0.25) is 5.88 Å². The Morgan fingerprint density at radius 2 is 2.47 bits per heavy atom. The Morgan fingerprint density at radius 3 is 3.07 bits per heavy atom. The molecule has 15 heavy (non-hydrogen) atoms. The van der Waals surface area contributed by atoms with Crippen LogP contribution in [0, 0.1) is 0 Å². The fraction of sp³-hybridized carbons (Fsp3) is 0.333. The summed E-state index contributed by atoms with van der Waals surface area (Å²) in [5.74, 6) is -0.478. The van der Waals surface area contributed by atoms with Crippen LogP contribution in [-0.2, 0) is 3.07 Å². The molecule has 0 radical (unpaired) electrons. The van der Waals surface area contributed by atoms with Gasteiger partial charge in [0.05, 0.1) is 0 Å². The lowest BCUT2D eigenvalue weighted by Gasteiger charge is -2.08. The zero-order valence-corrected chi connectivity index (χ0v) is 10.1. The van der Waals surface area contributed by atoms with Crippen LogP contribution >= 0.6 is 23.0 Å². The maximum atomic E-state index is 12.5. The quantitative estimate of drug-likeness (QED) is 0.797. The molecule has 1 aromatic rings. The number of carbonyl (C=O) groups is 1. The van der Waals surface area contributed by atoms with Crippen LogP contribution in [0.1, 0.15) is 17.3 Å². The molecule has 82 valence electrons. The third-order valence-electron chi connectivity index (χ3n) is 1.51. The molecule has 0 N–H and O–H groups in total. The Kier molecular flexibility index (Phi) is 4.73. The van der Waals surface area contributed by atoms with E-state index in [-0.39, 0.29) is 18.1 Å². The molecule has 0 aliphatic carbocycles. The lowest BCUT2D eigenvalue weighted by molar-refractivity contribution is 0.0792. The summed E-state index contributed by atoms with van der Waals surface area (Å²) >= 11 is 1.47. The highest BCUT2D eigenvalue weighted by atomic mass is 127. The van der Waals surface area contributed by atoms with Gasteiger partial charge in [0, 0.05) is 6.20 Å². The van der Waals surface area contributed by atoms with Crippen molar-refractivity contribution in [2.45, 2.75) is 13.1 Å². The van der Waals surface area contributed by atoms with E-state index in [4.69, 9.17) is 4.74 Å². The summed E-state index contributed by atoms with van der Waals surface area (Å²) in [7, 11) is 0. The monoisotopic (exact) mass is 325 g/mol. The van der Waals surface area contributed by atoms with Gasteiger partial charge in [-0.3, -0.25) is 0 Å². The van der Waals surface area contributed by atoms with Crippen LogP contribution in [0.25, 0.3) is 0 Å². The fourth-order valence-corrected chi connectivity index (χ4v) is 1.13. The highest BCUT2D eigenvalue weighted by Crippen LogP contribution is 2.16. The van der Waals surface area contributed by atoms with Gasteiger partial charge in [0.1, 0.15) is 18.3 Å². The van der Waals surface area contributed by atoms with E-state index in [2.05, 4.69) is 8.05 Å². The van der Waals surface area contributed by atoms with Crippen LogP contribution in [-0.4, -0.2) is 23.7 Å². The van der Waals surface area contributed by atoms with Crippen molar-refractivity contribution in [3.8, 4) is 5.88 Å². The topological polar surface area (TPSA) is 48.4 Å². The Hall–Kier alpha value is -0.920. The van der Waals surface area contributed by atoms with Crippen LogP contribution in [0.3, 0.4) is 0 Å². The van der Waals surface area contributed by atoms with Gasteiger partial charge in [0.25, 0.3) is 0 Å². The molecule has 1 atom stereocenters. The highest BCUT2D eigenvalue weighted by molar-refractivity contribution is 14.1. The standard InChI is InChI=1S/C9H9FINO3/c1-6(10)5-14-8-7(9(13)15-11)3-2-4-12-8/h2-4,6H,5H2,1H3. The zero-order chi connectivity index (χ0) is 11.3. The van der Waals surface area contributed by atoms with E-state index in [1.807, 2.05) is 0 Å². The summed E-state index contributed by atoms with van der Waals surface area (Å²) < 4.78 is 22.1. The maximum absolute atomic E-state index is 12.5. The molecule has 6 heteroatoms. The van der Waals surface area contributed by atoms with E-state index in [1.54, 1.807) is 6.07 Å². The lowest BCUT2D eigenvalue weighted by Crippen LogP contribution is -2.12. The van der Waals surface area contributed by atoms with Crippen molar-refractivity contribution in [2.24, 2.45) is 0 Å². The first-order valence-electron chi connectivity index (χ1n) is 4.20.